The number of aromatic nitrogens is 2. The molecule has 0 fully saturated rings. The average Bonchev–Trinajstić information content (AvgIpc) is 3.00. The van der Waals surface area contributed by atoms with Crippen LogP contribution in [0, 0.1) is 11.6 Å². The first-order valence-electron chi connectivity index (χ1n) is 9.09. The van der Waals surface area contributed by atoms with Crippen molar-refractivity contribution in [1.29, 1.82) is 0 Å². The zero-order chi connectivity index (χ0) is 21.3. The van der Waals surface area contributed by atoms with Crippen LogP contribution in [0.2, 0.25) is 0 Å². The van der Waals surface area contributed by atoms with Crippen molar-refractivity contribution in [2.45, 2.75) is 38.7 Å². The Labute approximate surface area is 164 Å². The van der Waals surface area contributed by atoms with Crippen molar-refractivity contribution in [2.24, 2.45) is 0 Å². The maximum Gasteiger partial charge on any atom is 0.390 e. The largest absolute Gasteiger partial charge is 0.390 e. The second-order valence-electron chi connectivity index (χ2n) is 7.22. The van der Waals surface area contributed by atoms with Crippen LogP contribution in [0.4, 0.5) is 22.0 Å². The van der Waals surface area contributed by atoms with E-state index >= 15 is 0 Å². The number of aryl methyl sites for hydroxylation is 1. The minimum atomic E-state index is -4.34. The molecule has 1 aromatic carbocycles. The Hall–Kier alpha value is -2.49. The molecule has 2 aromatic rings. The molecule has 5 nitrogen and oxygen atoms in total. The zero-order valence-electron chi connectivity index (χ0n) is 16.1. The van der Waals surface area contributed by atoms with E-state index in [0.29, 0.717) is 24.2 Å². The average molecular weight is 416 g/mol. The van der Waals surface area contributed by atoms with Gasteiger partial charge in [-0.15, -0.1) is 0 Å². The molecule has 0 spiro atoms. The summed E-state index contributed by atoms with van der Waals surface area (Å²) in [5.41, 5.74) is 1.06. The second-order valence-corrected chi connectivity index (χ2v) is 7.22. The van der Waals surface area contributed by atoms with Gasteiger partial charge in [-0.25, -0.2) is 8.78 Å². The van der Waals surface area contributed by atoms with Crippen LogP contribution in [0.5, 0.6) is 0 Å². The molecule has 1 aromatic heterocycles. The molecule has 0 bridgehead atoms. The molecule has 0 radical (unpaired) electrons. The Bertz CT molecular complexity index is 886. The summed E-state index contributed by atoms with van der Waals surface area (Å²) in [4.78, 5) is 15.5. The van der Waals surface area contributed by atoms with Crippen LogP contribution in [0.1, 0.15) is 33.7 Å². The van der Waals surface area contributed by atoms with Crippen molar-refractivity contribution in [3.05, 3.63) is 52.3 Å². The number of carbonyl (C=O) groups excluding carboxylic acids is 1. The zero-order valence-corrected chi connectivity index (χ0v) is 16.1. The summed E-state index contributed by atoms with van der Waals surface area (Å²) in [5, 5.41) is 4.14. The van der Waals surface area contributed by atoms with E-state index in [1.165, 1.54) is 41.9 Å². The predicted octanol–water partition coefficient (Wildman–Crippen LogP) is 3.37. The van der Waals surface area contributed by atoms with Crippen molar-refractivity contribution >= 4 is 5.91 Å². The number of halogens is 5. The minimum Gasteiger partial charge on any atom is -0.343 e. The maximum absolute atomic E-state index is 14.0. The molecule has 1 aliphatic rings. The van der Waals surface area contributed by atoms with Crippen molar-refractivity contribution < 1.29 is 26.7 Å². The lowest BCUT2D eigenvalue weighted by atomic mass is 10.0. The molecular weight excluding hydrogens is 395 g/mol. The lowest BCUT2D eigenvalue weighted by molar-refractivity contribution is -0.137. The molecule has 0 unspecified atom stereocenters. The van der Waals surface area contributed by atoms with Gasteiger partial charge in [0.25, 0.3) is 5.91 Å². The van der Waals surface area contributed by atoms with Gasteiger partial charge in [0, 0.05) is 63.5 Å². The molecule has 29 heavy (non-hydrogen) atoms. The number of rotatable bonds is 5. The van der Waals surface area contributed by atoms with E-state index in [9.17, 15) is 26.7 Å². The van der Waals surface area contributed by atoms with E-state index < -0.39 is 30.1 Å². The molecular formula is C19H21F5N4O. The molecule has 10 heteroatoms. The van der Waals surface area contributed by atoms with Gasteiger partial charge in [-0.05, 0) is 12.1 Å². The van der Waals surface area contributed by atoms with Crippen LogP contribution >= 0.6 is 0 Å². The SMILES string of the molecule is CN(C)C(=O)c1nn(CCC(F)(F)F)c2c1CN(Cc1c(F)cccc1F)CC2. The molecule has 1 aliphatic heterocycles. The summed E-state index contributed by atoms with van der Waals surface area (Å²) in [6.45, 7) is 0.161. The normalized spacial score (nSPS) is 14.7. The quantitative estimate of drug-likeness (QED) is 0.702. The molecule has 0 saturated heterocycles. The lowest BCUT2D eigenvalue weighted by Gasteiger charge is -2.28. The fourth-order valence-electron chi connectivity index (χ4n) is 3.39. The van der Waals surface area contributed by atoms with Crippen molar-refractivity contribution in [3.8, 4) is 0 Å². The molecule has 2 heterocycles. The second kappa shape index (κ2) is 8.10. The number of hydrogen-bond donors (Lipinski definition) is 0. The van der Waals surface area contributed by atoms with Gasteiger partial charge >= 0.3 is 6.18 Å². The number of amides is 1. The van der Waals surface area contributed by atoms with Crippen LogP contribution < -0.4 is 0 Å². The topological polar surface area (TPSA) is 41.4 Å². The molecule has 3 rings (SSSR count). The van der Waals surface area contributed by atoms with Gasteiger partial charge in [0.1, 0.15) is 11.6 Å². The van der Waals surface area contributed by atoms with E-state index in [2.05, 4.69) is 5.10 Å². The summed E-state index contributed by atoms with van der Waals surface area (Å²) in [7, 11) is 3.05. The van der Waals surface area contributed by atoms with Crippen LogP contribution in [-0.4, -0.2) is 52.3 Å². The van der Waals surface area contributed by atoms with Crippen molar-refractivity contribution in [3.63, 3.8) is 0 Å². The molecule has 0 aliphatic carbocycles. The van der Waals surface area contributed by atoms with E-state index in [1.807, 2.05) is 0 Å². The highest BCUT2D eigenvalue weighted by atomic mass is 19.4. The lowest BCUT2D eigenvalue weighted by Crippen LogP contribution is -2.33. The number of fused-ring (bicyclic) bond motifs is 1. The Balaban J connectivity index is 1.89. The summed E-state index contributed by atoms with van der Waals surface area (Å²) < 4.78 is 67.2. The van der Waals surface area contributed by atoms with Gasteiger partial charge in [-0.2, -0.15) is 18.3 Å². The fraction of sp³-hybridized carbons (Fsp3) is 0.474. The van der Waals surface area contributed by atoms with Crippen molar-refractivity contribution in [2.75, 3.05) is 20.6 Å². The van der Waals surface area contributed by atoms with Gasteiger partial charge in [0.05, 0.1) is 6.42 Å². The fourth-order valence-corrected chi connectivity index (χ4v) is 3.39. The highest BCUT2D eigenvalue weighted by Gasteiger charge is 2.32. The Kier molecular flexibility index (Phi) is 5.92. The first-order chi connectivity index (χ1) is 13.6. The van der Waals surface area contributed by atoms with Crippen LogP contribution in [0.3, 0.4) is 0 Å². The van der Waals surface area contributed by atoms with Crippen LogP contribution in [-0.2, 0) is 26.1 Å². The number of carbonyl (C=O) groups is 1. The first kappa shape index (κ1) is 21.2. The predicted molar refractivity (Wildman–Crippen MR) is 95.1 cm³/mol. The Morgan fingerprint density at radius 2 is 1.86 bits per heavy atom. The van der Waals surface area contributed by atoms with Gasteiger partial charge in [-0.1, -0.05) is 6.07 Å². The van der Waals surface area contributed by atoms with Gasteiger partial charge < -0.3 is 4.90 Å². The third kappa shape index (κ3) is 4.75. The van der Waals surface area contributed by atoms with Crippen LogP contribution in [0.25, 0.3) is 0 Å². The summed E-state index contributed by atoms with van der Waals surface area (Å²) in [6, 6.07) is 3.62. The molecule has 0 N–H and O–H groups in total. The Morgan fingerprint density at radius 3 is 2.45 bits per heavy atom. The van der Waals surface area contributed by atoms with E-state index in [1.54, 1.807) is 4.90 Å². The van der Waals surface area contributed by atoms with Gasteiger partial charge in [0.2, 0.25) is 0 Å². The number of benzene rings is 1. The number of nitrogens with zero attached hydrogens (tertiary/aromatic N) is 4. The first-order valence-corrected chi connectivity index (χ1v) is 9.09. The summed E-state index contributed by atoms with van der Waals surface area (Å²) >= 11 is 0. The molecule has 0 atom stereocenters. The van der Waals surface area contributed by atoms with Gasteiger partial charge in [-0.3, -0.25) is 14.4 Å². The highest BCUT2D eigenvalue weighted by Crippen LogP contribution is 2.28. The number of alkyl halides is 3. The smallest absolute Gasteiger partial charge is 0.343 e. The monoisotopic (exact) mass is 416 g/mol. The third-order valence-corrected chi connectivity index (χ3v) is 4.87. The summed E-state index contributed by atoms with van der Waals surface area (Å²) in [6.07, 6.45) is -5.06. The Morgan fingerprint density at radius 1 is 1.21 bits per heavy atom. The van der Waals surface area contributed by atoms with E-state index in [-0.39, 0.29) is 30.9 Å². The summed E-state index contributed by atoms with van der Waals surface area (Å²) in [5.74, 6) is -1.76. The third-order valence-electron chi connectivity index (χ3n) is 4.87. The number of hydrogen-bond acceptors (Lipinski definition) is 3. The van der Waals surface area contributed by atoms with E-state index in [4.69, 9.17) is 0 Å². The minimum absolute atomic E-state index is 0.0126. The van der Waals surface area contributed by atoms with Crippen molar-refractivity contribution in [1.82, 2.24) is 19.6 Å². The van der Waals surface area contributed by atoms with Crippen LogP contribution in [0.15, 0.2) is 18.2 Å². The molecule has 158 valence electrons. The maximum atomic E-state index is 14.0. The van der Waals surface area contributed by atoms with E-state index in [0.717, 1.165) is 0 Å². The van der Waals surface area contributed by atoms with Gasteiger partial charge in [0.15, 0.2) is 5.69 Å². The highest BCUT2D eigenvalue weighted by molar-refractivity contribution is 5.93. The standard InChI is InChI=1S/C19H21F5N4O/c1-26(2)18(29)17-13-11-27(10-12-14(20)4-3-5-15(12)21)8-6-16(13)28(25-17)9-7-19(22,23)24/h3-5H,6-11H2,1-2H3. The molecule has 0 saturated carbocycles. The molecule has 1 amide bonds.